The van der Waals surface area contributed by atoms with Crippen LogP contribution in [0.2, 0.25) is 0 Å². The van der Waals surface area contributed by atoms with E-state index in [0.29, 0.717) is 26.3 Å². The summed E-state index contributed by atoms with van der Waals surface area (Å²) in [5.41, 5.74) is 0.0792. The maximum atomic E-state index is 12.7. The molecule has 0 fully saturated rings. The lowest BCUT2D eigenvalue weighted by Gasteiger charge is -2.04. The number of hydrogen-bond donors (Lipinski definition) is 2. The number of aromatic nitrogens is 2. The number of carbonyl (C=O) groups is 2. The summed E-state index contributed by atoms with van der Waals surface area (Å²) in [4.78, 5) is 51.9. The second-order valence-corrected chi connectivity index (χ2v) is 6.94. The second kappa shape index (κ2) is 7.09. The topological polar surface area (TPSA) is 101 Å². The van der Waals surface area contributed by atoms with Crippen LogP contribution in [0.3, 0.4) is 0 Å². The van der Waals surface area contributed by atoms with Crippen LogP contribution >= 0.6 is 11.3 Å². The predicted molar refractivity (Wildman–Crippen MR) is 101 cm³/mol. The van der Waals surface area contributed by atoms with E-state index in [9.17, 15) is 19.2 Å². The number of anilines is 1. The van der Waals surface area contributed by atoms with Crippen LogP contribution < -0.4 is 16.6 Å². The van der Waals surface area contributed by atoms with Gasteiger partial charge in [-0.1, -0.05) is 18.2 Å². The van der Waals surface area contributed by atoms with Crippen molar-refractivity contribution in [1.82, 2.24) is 9.55 Å². The Labute approximate surface area is 152 Å². The third-order valence-corrected chi connectivity index (χ3v) is 5.20. The van der Waals surface area contributed by atoms with Gasteiger partial charge in [0.15, 0.2) is 0 Å². The molecule has 0 aliphatic heterocycles. The summed E-state index contributed by atoms with van der Waals surface area (Å²) in [6, 6.07) is 8.97. The highest BCUT2D eigenvalue weighted by Gasteiger charge is 2.20. The number of Topliss-reactive ketones (excluding diaryl/α,β-unsaturated/α-hetero) is 1. The summed E-state index contributed by atoms with van der Waals surface area (Å²) in [6.45, 7) is 3.09. The summed E-state index contributed by atoms with van der Waals surface area (Å²) in [5, 5.41) is 3.08. The van der Waals surface area contributed by atoms with Gasteiger partial charge >= 0.3 is 5.69 Å². The maximum Gasteiger partial charge on any atom is 0.329 e. The molecule has 0 saturated carbocycles. The number of ketones is 1. The third kappa shape index (κ3) is 3.36. The molecular weight excluding hydrogens is 354 g/mol. The highest BCUT2D eigenvalue weighted by molar-refractivity contribution is 7.20. The Balaban J connectivity index is 2.04. The molecular formula is C18H17N3O4S. The molecule has 0 aliphatic rings. The fourth-order valence-corrected chi connectivity index (χ4v) is 3.73. The van der Waals surface area contributed by atoms with Gasteiger partial charge < -0.3 is 5.32 Å². The van der Waals surface area contributed by atoms with Crippen LogP contribution in [0.5, 0.6) is 0 Å². The molecule has 0 bridgehead atoms. The van der Waals surface area contributed by atoms with E-state index in [0.717, 1.165) is 15.9 Å². The molecule has 2 N–H and O–H groups in total. The van der Waals surface area contributed by atoms with Crippen LogP contribution in [0.15, 0.2) is 39.9 Å². The third-order valence-electron chi connectivity index (χ3n) is 4.00. The molecule has 2 heterocycles. The number of carbonyl (C=O) groups excluding carboxylic acids is 2. The number of thiophene rings is 1. The number of aromatic amines is 1. The molecule has 26 heavy (non-hydrogen) atoms. The minimum atomic E-state index is -0.583. The highest BCUT2D eigenvalue weighted by Crippen LogP contribution is 2.27. The molecule has 1 amide bonds. The smallest absolute Gasteiger partial charge is 0.321 e. The lowest BCUT2D eigenvalue weighted by molar-refractivity contribution is -0.117. The molecule has 3 aromatic rings. The molecule has 0 aliphatic carbocycles. The van der Waals surface area contributed by atoms with Crippen molar-refractivity contribution in [2.24, 2.45) is 0 Å². The van der Waals surface area contributed by atoms with Crippen LogP contribution in [-0.2, 0) is 11.3 Å². The fraction of sp³-hybridized carbons (Fsp3) is 0.222. The van der Waals surface area contributed by atoms with E-state index in [4.69, 9.17) is 0 Å². The number of benzene rings is 1. The van der Waals surface area contributed by atoms with Gasteiger partial charge in [-0.3, -0.25) is 23.9 Å². The van der Waals surface area contributed by atoms with E-state index in [-0.39, 0.29) is 24.7 Å². The van der Waals surface area contributed by atoms with Gasteiger partial charge in [0, 0.05) is 18.7 Å². The minimum absolute atomic E-state index is 0.0142. The van der Waals surface area contributed by atoms with Gasteiger partial charge in [-0.05, 0) is 31.5 Å². The Morgan fingerprint density at radius 1 is 1.19 bits per heavy atom. The number of hydrogen-bond acceptors (Lipinski definition) is 5. The fourth-order valence-electron chi connectivity index (χ4n) is 2.65. The Bertz CT molecular complexity index is 1110. The van der Waals surface area contributed by atoms with Gasteiger partial charge in [-0.25, -0.2) is 4.79 Å². The number of nitrogens with zero attached hydrogens (tertiary/aromatic N) is 1. The molecule has 0 spiro atoms. The molecule has 0 atom stereocenters. The zero-order valence-electron chi connectivity index (χ0n) is 14.3. The van der Waals surface area contributed by atoms with Crippen molar-refractivity contribution in [3.8, 4) is 0 Å². The number of para-hydroxylation sites is 1. The van der Waals surface area contributed by atoms with Crippen molar-refractivity contribution in [2.75, 3.05) is 5.32 Å². The van der Waals surface area contributed by atoms with Gasteiger partial charge in [0.1, 0.15) is 10.6 Å². The Morgan fingerprint density at radius 2 is 1.88 bits per heavy atom. The van der Waals surface area contributed by atoms with Gasteiger partial charge in [0.2, 0.25) is 0 Å². The summed E-state index contributed by atoms with van der Waals surface area (Å²) in [5.74, 6) is -0.452. The number of fused-ring (bicyclic) bond motifs is 1. The largest absolute Gasteiger partial charge is 0.329 e. The van der Waals surface area contributed by atoms with Gasteiger partial charge in [0.05, 0.1) is 10.3 Å². The van der Waals surface area contributed by atoms with E-state index in [1.807, 2.05) is 6.07 Å². The van der Waals surface area contributed by atoms with E-state index in [1.54, 1.807) is 31.2 Å². The number of amides is 1. The van der Waals surface area contributed by atoms with Gasteiger partial charge in [0.25, 0.3) is 11.5 Å². The first-order valence-electron chi connectivity index (χ1n) is 8.00. The van der Waals surface area contributed by atoms with E-state index in [1.165, 1.54) is 6.92 Å². The first kappa shape index (κ1) is 17.8. The number of aryl methyl sites for hydroxylation is 1. The van der Waals surface area contributed by atoms with Gasteiger partial charge in [-0.15, -0.1) is 11.3 Å². The first-order chi connectivity index (χ1) is 12.4. The van der Waals surface area contributed by atoms with Crippen molar-refractivity contribution >= 4 is 38.9 Å². The molecule has 3 rings (SSSR count). The van der Waals surface area contributed by atoms with Crippen molar-refractivity contribution in [3.63, 3.8) is 0 Å². The van der Waals surface area contributed by atoms with E-state index in [2.05, 4.69) is 10.3 Å². The SMILES string of the molecule is CC(=O)CCn1c(=O)[nH]c2sc(C(=O)Nc3ccccc3)c(C)c2c1=O. The zero-order chi connectivity index (χ0) is 18.8. The molecule has 8 heteroatoms. The van der Waals surface area contributed by atoms with E-state index < -0.39 is 11.2 Å². The monoisotopic (exact) mass is 371 g/mol. The Kier molecular flexibility index (Phi) is 4.85. The average Bonchev–Trinajstić information content (AvgIpc) is 2.92. The van der Waals surface area contributed by atoms with Crippen LogP contribution in [0.4, 0.5) is 5.69 Å². The lowest BCUT2D eigenvalue weighted by Crippen LogP contribution is -2.35. The number of H-pyrrole nitrogens is 1. The van der Waals surface area contributed by atoms with Crippen molar-refractivity contribution in [3.05, 3.63) is 61.6 Å². The van der Waals surface area contributed by atoms with Crippen molar-refractivity contribution in [1.29, 1.82) is 0 Å². The van der Waals surface area contributed by atoms with Crippen LogP contribution in [-0.4, -0.2) is 21.2 Å². The molecule has 1 aromatic carbocycles. The predicted octanol–water partition coefficient (Wildman–Crippen LogP) is 2.29. The summed E-state index contributed by atoms with van der Waals surface area (Å²) in [7, 11) is 0. The number of nitrogens with one attached hydrogen (secondary N) is 2. The van der Waals surface area contributed by atoms with Crippen molar-refractivity contribution in [2.45, 2.75) is 26.8 Å². The Morgan fingerprint density at radius 3 is 2.54 bits per heavy atom. The standard InChI is InChI=1S/C18H17N3O4S/c1-10(22)8-9-21-17(24)13-11(2)14(26-16(13)20-18(21)25)15(23)19-12-6-4-3-5-7-12/h3-7H,8-9H2,1-2H3,(H,19,23)(H,20,25). The minimum Gasteiger partial charge on any atom is -0.321 e. The van der Waals surface area contributed by atoms with Crippen LogP contribution in [0.1, 0.15) is 28.6 Å². The first-order valence-corrected chi connectivity index (χ1v) is 8.82. The van der Waals surface area contributed by atoms with Gasteiger partial charge in [-0.2, -0.15) is 0 Å². The van der Waals surface area contributed by atoms with E-state index >= 15 is 0 Å². The summed E-state index contributed by atoms with van der Waals surface area (Å²) >= 11 is 1.06. The molecule has 0 radical (unpaired) electrons. The number of rotatable bonds is 5. The summed E-state index contributed by atoms with van der Waals surface area (Å²) in [6.07, 6.45) is 0.0963. The van der Waals surface area contributed by atoms with Crippen molar-refractivity contribution < 1.29 is 9.59 Å². The molecule has 7 nitrogen and oxygen atoms in total. The van der Waals surface area contributed by atoms with Crippen LogP contribution in [0.25, 0.3) is 10.2 Å². The zero-order valence-corrected chi connectivity index (χ0v) is 15.1. The second-order valence-electron chi connectivity index (χ2n) is 5.92. The molecule has 2 aromatic heterocycles. The summed E-state index contributed by atoms with van der Waals surface area (Å²) < 4.78 is 1.00. The maximum absolute atomic E-state index is 12.7. The Hall–Kier alpha value is -3.00. The highest BCUT2D eigenvalue weighted by atomic mass is 32.1. The molecule has 134 valence electrons. The normalized spacial score (nSPS) is 10.8. The van der Waals surface area contributed by atoms with Crippen LogP contribution in [0, 0.1) is 6.92 Å². The lowest BCUT2D eigenvalue weighted by atomic mass is 10.2. The molecule has 0 saturated heterocycles. The molecule has 0 unspecified atom stereocenters. The quantitative estimate of drug-likeness (QED) is 0.718. The average molecular weight is 371 g/mol.